The van der Waals surface area contributed by atoms with Crippen LogP contribution < -0.4 is 0 Å². The molecule has 2 amide bonds. The third-order valence-corrected chi connectivity index (χ3v) is 4.83. The van der Waals surface area contributed by atoms with Crippen molar-refractivity contribution in [2.75, 3.05) is 0 Å². The number of fused-ring (bicyclic) bond motifs is 1. The number of aryl methyl sites for hydroxylation is 1. The molecule has 3 heterocycles. The van der Waals surface area contributed by atoms with E-state index >= 15 is 0 Å². The first kappa shape index (κ1) is 15.6. The van der Waals surface area contributed by atoms with Crippen LogP contribution in [0.5, 0.6) is 0 Å². The van der Waals surface area contributed by atoms with Gasteiger partial charge in [0.2, 0.25) is 11.8 Å². The second-order valence-corrected chi connectivity index (χ2v) is 6.60. The lowest BCUT2D eigenvalue weighted by Gasteiger charge is -2.15. The Hall–Kier alpha value is -2.95. The minimum absolute atomic E-state index is 0.0815. The Morgan fingerprint density at radius 3 is 2.84 bits per heavy atom. The molecule has 2 aromatic heterocycles. The number of hydrogen-bond acceptors (Lipinski definition) is 3. The highest BCUT2D eigenvalue weighted by Crippen LogP contribution is 2.26. The van der Waals surface area contributed by atoms with Crippen LogP contribution >= 0.6 is 0 Å². The van der Waals surface area contributed by atoms with Crippen molar-refractivity contribution in [2.45, 2.75) is 19.4 Å². The number of pyridine rings is 1. The van der Waals surface area contributed by atoms with E-state index in [1.54, 1.807) is 12.4 Å². The van der Waals surface area contributed by atoms with E-state index < -0.39 is 0 Å². The minimum atomic E-state index is -0.273. The second-order valence-electron chi connectivity index (χ2n) is 6.60. The van der Waals surface area contributed by atoms with Crippen LogP contribution in [0.4, 0.5) is 0 Å². The van der Waals surface area contributed by atoms with Gasteiger partial charge in [0, 0.05) is 37.6 Å². The number of carbonyl (C=O) groups is 2. The number of rotatable bonds is 4. The predicted octanol–water partition coefficient (Wildman–Crippen LogP) is 2.69. The van der Waals surface area contributed by atoms with Crippen LogP contribution in [-0.2, 0) is 29.6 Å². The van der Waals surface area contributed by atoms with Gasteiger partial charge in [-0.05, 0) is 47.2 Å². The smallest absolute Gasteiger partial charge is 0.233 e. The van der Waals surface area contributed by atoms with Crippen molar-refractivity contribution in [1.29, 1.82) is 0 Å². The largest absolute Gasteiger partial charge is 0.351 e. The van der Waals surface area contributed by atoms with E-state index in [1.807, 2.05) is 31.4 Å². The summed E-state index contributed by atoms with van der Waals surface area (Å²) < 4.78 is 2.07. The monoisotopic (exact) mass is 333 g/mol. The van der Waals surface area contributed by atoms with Crippen molar-refractivity contribution in [3.63, 3.8) is 0 Å². The Morgan fingerprint density at radius 1 is 1.16 bits per heavy atom. The Morgan fingerprint density at radius 2 is 2.04 bits per heavy atom. The first-order valence-corrected chi connectivity index (χ1v) is 8.39. The summed E-state index contributed by atoms with van der Waals surface area (Å²) in [5, 5.41) is 1.16. The molecule has 0 radical (unpaired) electrons. The molecule has 1 aliphatic rings. The first-order chi connectivity index (χ1) is 12.1. The molecule has 0 saturated carbocycles. The molecule has 1 atom stereocenters. The third-order valence-electron chi connectivity index (χ3n) is 4.83. The Bertz CT molecular complexity index is 946. The van der Waals surface area contributed by atoms with Crippen molar-refractivity contribution in [3.8, 4) is 0 Å². The van der Waals surface area contributed by atoms with Crippen molar-refractivity contribution in [3.05, 3.63) is 66.1 Å². The van der Waals surface area contributed by atoms with E-state index in [4.69, 9.17) is 0 Å². The molecule has 4 rings (SSSR count). The van der Waals surface area contributed by atoms with Gasteiger partial charge >= 0.3 is 0 Å². The van der Waals surface area contributed by atoms with E-state index in [2.05, 4.69) is 27.8 Å². The predicted molar refractivity (Wildman–Crippen MR) is 94.5 cm³/mol. The Balaban J connectivity index is 1.51. The maximum atomic E-state index is 12.7. The average molecular weight is 333 g/mol. The van der Waals surface area contributed by atoms with Crippen molar-refractivity contribution >= 4 is 22.7 Å². The van der Waals surface area contributed by atoms with Crippen molar-refractivity contribution in [1.82, 2.24) is 14.5 Å². The highest BCUT2D eigenvalue weighted by Gasteiger charge is 2.38. The van der Waals surface area contributed by atoms with Crippen molar-refractivity contribution < 1.29 is 9.59 Å². The molecule has 126 valence electrons. The summed E-state index contributed by atoms with van der Waals surface area (Å²) in [6.45, 7) is 0.305. The molecule has 0 spiro atoms. The first-order valence-electron chi connectivity index (χ1n) is 8.39. The van der Waals surface area contributed by atoms with Crippen LogP contribution in [0.25, 0.3) is 10.9 Å². The quantitative estimate of drug-likeness (QED) is 0.690. The fourth-order valence-electron chi connectivity index (χ4n) is 3.49. The minimum Gasteiger partial charge on any atom is -0.351 e. The molecule has 0 bridgehead atoms. The van der Waals surface area contributed by atoms with Crippen LogP contribution in [0.15, 0.2) is 55.0 Å². The third kappa shape index (κ3) is 2.93. The summed E-state index contributed by atoms with van der Waals surface area (Å²) in [5.74, 6) is -0.452. The van der Waals surface area contributed by atoms with Gasteiger partial charge in [0.05, 0.1) is 12.5 Å². The lowest BCUT2D eigenvalue weighted by atomic mass is 9.97. The molecular weight excluding hydrogens is 314 g/mol. The number of hydrogen-bond donors (Lipinski definition) is 0. The van der Waals surface area contributed by atoms with E-state index in [1.165, 1.54) is 4.90 Å². The van der Waals surface area contributed by atoms with Crippen LogP contribution in [0.3, 0.4) is 0 Å². The highest BCUT2D eigenvalue weighted by atomic mass is 16.2. The zero-order valence-electron chi connectivity index (χ0n) is 14.1. The summed E-state index contributed by atoms with van der Waals surface area (Å²) in [6, 6.07) is 12.0. The standard InChI is InChI=1S/C20H19N3O2/c1-22-8-6-16-9-14(4-5-18(16)22)10-17-11-19(24)23(20(17)25)13-15-3-2-7-21-12-15/h2-9,12,17H,10-11,13H2,1H3. The van der Waals surface area contributed by atoms with E-state index in [0.29, 0.717) is 13.0 Å². The highest BCUT2D eigenvalue weighted by molar-refractivity contribution is 6.03. The summed E-state index contributed by atoms with van der Waals surface area (Å²) >= 11 is 0. The van der Waals surface area contributed by atoms with Gasteiger partial charge in [0.15, 0.2) is 0 Å². The van der Waals surface area contributed by atoms with E-state index in [9.17, 15) is 9.59 Å². The molecule has 1 fully saturated rings. The zero-order chi connectivity index (χ0) is 17.4. The molecule has 1 saturated heterocycles. The summed E-state index contributed by atoms with van der Waals surface area (Å²) in [7, 11) is 2.01. The van der Waals surface area contributed by atoms with Gasteiger partial charge in [0.25, 0.3) is 0 Å². The normalized spacial score (nSPS) is 17.6. The fraction of sp³-hybridized carbons (Fsp3) is 0.250. The summed E-state index contributed by atoms with van der Waals surface area (Å²) in [4.78, 5) is 30.4. The molecule has 25 heavy (non-hydrogen) atoms. The van der Waals surface area contributed by atoms with Crippen LogP contribution in [0.2, 0.25) is 0 Å². The number of imide groups is 1. The second kappa shape index (κ2) is 6.16. The Kier molecular flexibility index (Phi) is 3.84. The topological polar surface area (TPSA) is 55.2 Å². The van der Waals surface area contributed by atoms with Gasteiger partial charge in [-0.25, -0.2) is 0 Å². The maximum absolute atomic E-state index is 12.7. The fourth-order valence-corrected chi connectivity index (χ4v) is 3.49. The Labute approximate surface area is 145 Å². The summed E-state index contributed by atoms with van der Waals surface area (Å²) in [6.07, 6.45) is 6.27. The van der Waals surface area contributed by atoms with Gasteiger partial charge in [-0.15, -0.1) is 0 Å². The number of benzene rings is 1. The van der Waals surface area contributed by atoms with Gasteiger partial charge in [-0.1, -0.05) is 12.1 Å². The van der Waals surface area contributed by atoms with E-state index in [-0.39, 0.29) is 24.2 Å². The summed E-state index contributed by atoms with van der Waals surface area (Å²) in [5.41, 5.74) is 3.12. The molecule has 3 aromatic rings. The van der Waals surface area contributed by atoms with E-state index in [0.717, 1.165) is 22.0 Å². The molecule has 0 aliphatic carbocycles. The van der Waals surface area contributed by atoms with Crippen LogP contribution in [0, 0.1) is 5.92 Å². The number of carbonyl (C=O) groups excluding carboxylic acids is 2. The van der Waals surface area contributed by atoms with Gasteiger partial charge in [-0.2, -0.15) is 0 Å². The zero-order valence-corrected chi connectivity index (χ0v) is 14.1. The number of nitrogens with zero attached hydrogens (tertiary/aromatic N) is 3. The van der Waals surface area contributed by atoms with Crippen LogP contribution in [-0.4, -0.2) is 26.3 Å². The molecule has 5 nitrogen and oxygen atoms in total. The maximum Gasteiger partial charge on any atom is 0.233 e. The number of aromatic nitrogens is 2. The number of likely N-dealkylation sites (tertiary alicyclic amines) is 1. The van der Waals surface area contributed by atoms with Gasteiger partial charge < -0.3 is 4.57 Å². The molecular formula is C20H19N3O2. The molecule has 1 aliphatic heterocycles. The lowest BCUT2D eigenvalue weighted by Crippen LogP contribution is -2.30. The van der Waals surface area contributed by atoms with Gasteiger partial charge in [-0.3, -0.25) is 19.5 Å². The molecule has 1 aromatic carbocycles. The molecule has 0 N–H and O–H groups in total. The molecule has 1 unspecified atom stereocenters. The SMILES string of the molecule is Cn1ccc2cc(CC3CC(=O)N(Cc4cccnc4)C3=O)ccc21. The average Bonchev–Trinajstić information content (AvgIpc) is 3.11. The lowest BCUT2D eigenvalue weighted by molar-refractivity contribution is -0.140. The van der Waals surface area contributed by atoms with Gasteiger partial charge in [0.1, 0.15) is 0 Å². The number of amides is 2. The van der Waals surface area contributed by atoms with Crippen LogP contribution in [0.1, 0.15) is 17.5 Å². The molecule has 5 heteroatoms. The van der Waals surface area contributed by atoms with Crippen molar-refractivity contribution in [2.24, 2.45) is 13.0 Å².